The highest BCUT2D eigenvalue weighted by molar-refractivity contribution is 5.68. The molecule has 0 bridgehead atoms. The van der Waals surface area contributed by atoms with Gasteiger partial charge in [-0.25, -0.2) is 0 Å². The van der Waals surface area contributed by atoms with E-state index in [1.54, 1.807) is 13.2 Å². The number of hydrogen-bond acceptors (Lipinski definition) is 3. The highest BCUT2D eigenvalue weighted by Crippen LogP contribution is 2.26. The fraction of sp³-hybridized carbons (Fsp3) is 0.150. The Morgan fingerprint density at radius 1 is 0.826 bits per heavy atom. The summed E-state index contributed by atoms with van der Waals surface area (Å²) < 4.78 is 10.9. The molecule has 23 heavy (non-hydrogen) atoms. The number of hydrogen-bond donors (Lipinski definition) is 0. The molecule has 0 spiro atoms. The van der Waals surface area contributed by atoms with Crippen molar-refractivity contribution in [2.75, 3.05) is 7.11 Å². The van der Waals surface area contributed by atoms with Gasteiger partial charge in [0.05, 0.1) is 7.11 Å². The largest absolute Gasteiger partial charge is 0.481 e. The monoisotopic (exact) mass is 305 g/mol. The van der Waals surface area contributed by atoms with Crippen molar-refractivity contribution in [1.82, 2.24) is 4.98 Å². The molecule has 1 heterocycles. The summed E-state index contributed by atoms with van der Waals surface area (Å²) in [7, 11) is 1.60. The molecule has 0 N–H and O–H groups in total. The molecule has 0 aliphatic heterocycles. The quantitative estimate of drug-likeness (QED) is 0.688. The van der Waals surface area contributed by atoms with E-state index in [4.69, 9.17) is 9.47 Å². The number of ether oxygens (including phenoxy) is 2. The SMILES string of the molecule is COc1cccc(OCc2cccc(-c3ccccc3)c2C)n1. The maximum atomic E-state index is 5.82. The molecule has 0 atom stereocenters. The predicted molar refractivity (Wildman–Crippen MR) is 91.7 cm³/mol. The maximum absolute atomic E-state index is 5.82. The molecule has 0 amide bonds. The molecule has 3 aromatic rings. The maximum Gasteiger partial charge on any atom is 0.216 e. The van der Waals surface area contributed by atoms with E-state index in [1.165, 1.54) is 16.7 Å². The van der Waals surface area contributed by atoms with Crippen molar-refractivity contribution in [3.8, 4) is 22.9 Å². The first-order valence-corrected chi connectivity index (χ1v) is 7.55. The van der Waals surface area contributed by atoms with E-state index < -0.39 is 0 Å². The molecule has 0 saturated heterocycles. The van der Waals surface area contributed by atoms with Crippen LogP contribution in [0.4, 0.5) is 0 Å². The van der Waals surface area contributed by atoms with Crippen LogP contribution in [-0.2, 0) is 6.61 Å². The van der Waals surface area contributed by atoms with Crippen LogP contribution in [-0.4, -0.2) is 12.1 Å². The minimum absolute atomic E-state index is 0.479. The molecule has 0 saturated carbocycles. The van der Waals surface area contributed by atoms with E-state index in [0.717, 1.165) is 5.56 Å². The lowest BCUT2D eigenvalue weighted by Crippen LogP contribution is -2.01. The average molecular weight is 305 g/mol. The number of rotatable bonds is 5. The van der Waals surface area contributed by atoms with E-state index in [-0.39, 0.29) is 0 Å². The van der Waals surface area contributed by atoms with Crippen molar-refractivity contribution in [3.05, 3.63) is 77.9 Å². The van der Waals surface area contributed by atoms with Gasteiger partial charge in [-0.2, -0.15) is 4.98 Å². The first kappa shape index (κ1) is 15.1. The molecule has 2 aromatic carbocycles. The Kier molecular flexibility index (Phi) is 4.57. The summed E-state index contributed by atoms with van der Waals surface area (Å²) in [4.78, 5) is 4.27. The van der Waals surface area contributed by atoms with Crippen LogP contribution in [0.2, 0.25) is 0 Å². The summed E-state index contributed by atoms with van der Waals surface area (Å²) in [5, 5.41) is 0. The Labute approximate surface area is 136 Å². The average Bonchev–Trinajstić information content (AvgIpc) is 2.62. The fourth-order valence-corrected chi connectivity index (χ4v) is 2.51. The lowest BCUT2D eigenvalue weighted by Gasteiger charge is -2.12. The minimum Gasteiger partial charge on any atom is -0.481 e. The molecule has 1 aromatic heterocycles. The predicted octanol–water partition coefficient (Wildman–Crippen LogP) is 4.64. The topological polar surface area (TPSA) is 31.4 Å². The Bertz CT molecular complexity index is 785. The molecule has 3 nitrogen and oxygen atoms in total. The number of nitrogens with zero attached hydrogens (tertiary/aromatic N) is 1. The van der Waals surface area contributed by atoms with Crippen LogP contribution in [0.3, 0.4) is 0 Å². The van der Waals surface area contributed by atoms with Gasteiger partial charge in [-0.05, 0) is 29.2 Å². The van der Waals surface area contributed by atoms with Crippen molar-refractivity contribution in [2.45, 2.75) is 13.5 Å². The zero-order valence-corrected chi connectivity index (χ0v) is 13.3. The van der Waals surface area contributed by atoms with E-state index in [0.29, 0.717) is 18.4 Å². The number of pyridine rings is 1. The highest BCUT2D eigenvalue weighted by Gasteiger charge is 2.07. The lowest BCUT2D eigenvalue weighted by molar-refractivity contribution is 0.286. The molecule has 3 heteroatoms. The summed E-state index contributed by atoms with van der Waals surface area (Å²) in [6, 6.07) is 22.2. The number of aromatic nitrogens is 1. The second-order valence-electron chi connectivity index (χ2n) is 5.26. The van der Waals surface area contributed by atoms with E-state index in [2.05, 4.69) is 54.4 Å². The normalized spacial score (nSPS) is 10.3. The van der Waals surface area contributed by atoms with Gasteiger partial charge in [0.25, 0.3) is 0 Å². The van der Waals surface area contributed by atoms with Gasteiger partial charge in [-0.3, -0.25) is 0 Å². The van der Waals surface area contributed by atoms with Gasteiger partial charge in [0.2, 0.25) is 11.8 Å². The van der Waals surface area contributed by atoms with Crippen LogP contribution in [0.15, 0.2) is 66.7 Å². The number of methoxy groups -OCH3 is 1. The summed E-state index contributed by atoms with van der Waals surface area (Å²) in [6.45, 7) is 2.60. The molecule has 0 unspecified atom stereocenters. The van der Waals surface area contributed by atoms with Crippen LogP contribution in [0.25, 0.3) is 11.1 Å². The Morgan fingerprint density at radius 3 is 2.35 bits per heavy atom. The molecule has 0 aliphatic carbocycles. The van der Waals surface area contributed by atoms with Gasteiger partial charge in [0.15, 0.2) is 0 Å². The third-order valence-electron chi connectivity index (χ3n) is 3.81. The lowest BCUT2D eigenvalue weighted by atomic mass is 9.97. The Morgan fingerprint density at radius 2 is 1.57 bits per heavy atom. The number of benzene rings is 2. The smallest absolute Gasteiger partial charge is 0.216 e. The van der Waals surface area contributed by atoms with Gasteiger partial charge < -0.3 is 9.47 Å². The van der Waals surface area contributed by atoms with Crippen molar-refractivity contribution in [2.24, 2.45) is 0 Å². The van der Waals surface area contributed by atoms with E-state index in [9.17, 15) is 0 Å². The second kappa shape index (κ2) is 6.97. The molecule has 116 valence electrons. The Balaban J connectivity index is 1.81. The van der Waals surface area contributed by atoms with E-state index in [1.807, 2.05) is 18.2 Å². The van der Waals surface area contributed by atoms with Crippen LogP contribution >= 0.6 is 0 Å². The zero-order valence-electron chi connectivity index (χ0n) is 13.3. The van der Waals surface area contributed by atoms with Crippen LogP contribution in [0, 0.1) is 6.92 Å². The minimum atomic E-state index is 0.479. The van der Waals surface area contributed by atoms with Gasteiger partial charge >= 0.3 is 0 Å². The second-order valence-corrected chi connectivity index (χ2v) is 5.26. The van der Waals surface area contributed by atoms with Gasteiger partial charge in [0.1, 0.15) is 6.61 Å². The third-order valence-corrected chi connectivity index (χ3v) is 3.81. The molecular formula is C20H19NO2. The summed E-state index contributed by atoms with van der Waals surface area (Å²) in [5.41, 5.74) is 4.81. The van der Waals surface area contributed by atoms with E-state index >= 15 is 0 Å². The third kappa shape index (κ3) is 3.51. The van der Waals surface area contributed by atoms with Crippen LogP contribution in [0.1, 0.15) is 11.1 Å². The summed E-state index contributed by atoms with van der Waals surface area (Å²) in [6.07, 6.45) is 0. The first-order valence-electron chi connectivity index (χ1n) is 7.55. The molecule has 0 radical (unpaired) electrons. The van der Waals surface area contributed by atoms with Gasteiger partial charge in [-0.1, -0.05) is 54.6 Å². The van der Waals surface area contributed by atoms with Crippen molar-refractivity contribution in [3.63, 3.8) is 0 Å². The zero-order chi connectivity index (χ0) is 16.1. The van der Waals surface area contributed by atoms with Crippen molar-refractivity contribution in [1.29, 1.82) is 0 Å². The van der Waals surface area contributed by atoms with Gasteiger partial charge in [-0.15, -0.1) is 0 Å². The van der Waals surface area contributed by atoms with Crippen LogP contribution in [0.5, 0.6) is 11.8 Å². The molecule has 0 aliphatic rings. The first-order chi connectivity index (χ1) is 11.3. The fourth-order valence-electron chi connectivity index (χ4n) is 2.51. The molecule has 3 rings (SSSR count). The summed E-state index contributed by atoms with van der Waals surface area (Å²) >= 11 is 0. The van der Waals surface area contributed by atoms with Gasteiger partial charge in [0, 0.05) is 12.1 Å². The standard InChI is InChI=1S/C20H19NO2/c1-15-17(14-23-20-13-7-12-19(21-20)22-2)10-6-11-18(15)16-8-4-3-5-9-16/h3-13H,14H2,1-2H3. The Hall–Kier alpha value is -2.81. The molecular weight excluding hydrogens is 286 g/mol. The highest BCUT2D eigenvalue weighted by atomic mass is 16.5. The summed E-state index contributed by atoms with van der Waals surface area (Å²) in [5.74, 6) is 1.12. The van der Waals surface area contributed by atoms with Crippen molar-refractivity contribution >= 4 is 0 Å². The molecule has 0 fully saturated rings. The van der Waals surface area contributed by atoms with Crippen molar-refractivity contribution < 1.29 is 9.47 Å². The van der Waals surface area contributed by atoms with Crippen LogP contribution < -0.4 is 9.47 Å².